The molecule has 0 aliphatic carbocycles. The summed E-state index contributed by atoms with van der Waals surface area (Å²) in [6, 6.07) is 12.1. The molecule has 4 rings (SSSR count). The summed E-state index contributed by atoms with van der Waals surface area (Å²) in [5.41, 5.74) is 5.37. The van der Waals surface area contributed by atoms with Crippen LogP contribution in [0.15, 0.2) is 36.4 Å². The first kappa shape index (κ1) is 27.4. The monoisotopic (exact) mass is 492 g/mol. The highest BCUT2D eigenvalue weighted by Crippen LogP contribution is 2.23. The number of nitrogens with one attached hydrogen (secondary N) is 2. The van der Waals surface area contributed by atoms with Gasteiger partial charge in [0.2, 0.25) is 5.91 Å². The Morgan fingerprint density at radius 2 is 1.81 bits per heavy atom. The predicted molar refractivity (Wildman–Crippen MR) is 146 cm³/mol. The summed E-state index contributed by atoms with van der Waals surface area (Å²) in [6.07, 6.45) is 4.38. The molecule has 194 valence electrons. The van der Waals surface area contributed by atoms with Crippen LogP contribution >= 0.6 is 0 Å². The van der Waals surface area contributed by atoms with E-state index in [2.05, 4.69) is 35.4 Å². The Morgan fingerprint density at radius 3 is 2.39 bits per heavy atom. The van der Waals surface area contributed by atoms with Crippen LogP contribution in [0.1, 0.15) is 71.4 Å². The van der Waals surface area contributed by atoms with Crippen molar-refractivity contribution in [1.82, 2.24) is 10.2 Å². The Balaban J connectivity index is 0.000000221. The van der Waals surface area contributed by atoms with Crippen LogP contribution in [-0.2, 0) is 4.79 Å². The molecule has 0 bridgehead atoms. The standard InChI is InChI=1S/C18H29N3O.C11H11NO2/c1-12(2)21-8-6-15(7-9-21)20-18(22)16-11-13(3)10-14(4)17(16)19-5;13-8-9-3-1-4-10(7-9)12-6-2-5-11(12)14/h10-12,15,19H,6-9H2,1-5H3,(H,20,22);1,3-4,7-8H,2,5-6H2. The van der Waals surface area contributed by atoms with Crippen LogP contribution in [0, 0.1) is 13.8 Å². The van der Waals surface area contributed by atoms with Crippen molar-refractivity contribution in [3.05, 3.63) is 58.7 Å². The van der Waals surface area contributed by atoms with E-state index < -0.39 is 0 Å². The lowest BCUT2D eigenvalue weighted by atomic mass is 10.0. The highest BCUT2D eigenvalue weighted by atomic mass is 16.2. The van der Waals surface area contributed by atoms with E-state index in [4.69, 9.17) is 0 Å². The van der Waals surface area contributed by atoms with E-state index in [0.717, 1.165) is 73.2 Å². The van der Waals surface area contributed by atoms with Crippen molar-refractivity contribution in [2.75, 3.05) is 36.9 Å². The molecular formula is C29H40N4O3. The van der Waals surface area contributed by atoms with Gasteiger partial charge in [0.15, 0.2) is 0 Å². The number of carbonyl (C=O) groups excluding carboxylic acids is 3. The SMILES string of the molecule is CNc1c(C)cc(C)cc1C(=O)NC1CCN(C(C)C)CC1.O=Cc1cccc(N2CCCC2=O)c1. The fraction of sp³-hybridized carbons (Fsp3) is 0.483. The fourth-order valence-corrected chi connectivity index (χ4v) is 4.99. The minimum Gasteiger partial charge on any atom is -0.387 e. The number of carbonyl (C=O) groups is 3. The first-order chi connectivity index (χ1) is 17.2. The Kier molecular flexibility index (Phi) is 9.65. The number of likely N-dealkylation sites (tertiary alicyclic amines) is 1. The van der Waals surface area contributed by atoms with Gasteiger partial charge in [0.25, 0.3) is 5.91 Å². The summed E-state index contributed by atoms with van der Waals surface area (Å²) in [4.78, 5) is 38.8. The second kappa shape index (κ2) is 12.7. The van der Waals surface area contributed by atoms with Gasteiger partial charge < -0.3 is 20.4 Å². The lowest BCUT2D eigenvalue weighted by molar-refractivity contribution is -0.117. The summed E-state index contributed by atoms with van der Waals surface area (Å²) in [7, 11) is 1.87. The van der Waals surface area contributed by atoms with Crippen LogP contribution in [0.4, 0.5) is 11.4 Å². The zero-order chi connectivity index (χ0) is 26.2. The number of nitrogens with zero attached hydrogens (tertiary/aromatic N) is 2. The summed E-state index contributed by atoms with van der Waals surface area (Å²) < 4.78 is 0. The lowest BCUT2D eigenvalue weighted by Gasteiger charge is -2.35. The molecule has 0 aromatic heterocycles. The molecule has 0 radical (unpaired) electrons. The molecule has 0 saturated carbocycles. The number of aryl methyl sites for hydroxylation is 2. The van der Waals surface area contributed by atoms with Gasteiger partial charge in [-0.3, -0.25) is 14.4 Å². The average molecular weight is 493 g/mol. The number of hydrogen-bond acceptors (Lipinski definition) is 5. The van der Waals surface area contributed by atoms with Gasteiger partial charge in [0.1, 0.15) is 6.29 Å². The summed E-state index contributed by atoms with van der Waals surface area (Å²) >= 11 is 0. The number of piperidine rings is 1. The van der Waals surface area contributed by atoms with E-state index >= 15 is 0 Å². The zero-order valence-corrected chi connectivity index (χ0v) is 22.3. The Bertz CT molecular complexity index is 1070. The number of rotatable bonds is 6. The van der Waals surface area contributed by atoms with Crippen LogP contribution < -0.4 is 15.5 Å². The summed E-state index contributed by atoms with van der Waals surface area (Å²) in [6.45, 7) is 11.4. The molecular weight excluding hydrogens is 452 g/mol. The molecule has 2 N–H and O–H groups in total. The maximum Gasteiger partial charge on any atom is 0.253 e. The maximum atomic E-state index is 12.6. The van der Waals surface area contributed by atoms with Gasteiger partial charge >= 0.3 is 0 Å². The van der Waals surface area contributed by atoms with E-state index in [-0.39, 0.29) is 17.9 Å². The minimum absolute atomic E-state index is 0.0409. The quantitative estimate of drug-likeness (QED) is 0.577. The molecule has 0 unspecified atom stereocenters. The molecule has 0 atom stereocenters. The van der Waals surface area contributed by atoms with Crippen LogP contribution in [0.25, 0.3) is 0 Å². The molecule has 2 amide bonds. The van der Waals surface area contributed by atoms with Gasteiger partial charge in [-0.2, -0.15) is 0 Å². The molecule has 2 aliphatic rings. The van der Waals surface area contributed by atoms with Gasteiger partial charge in [-0.1, -0.05) is 18.2 Å². The normalized spacial score (nSPS) is 16.5. The third-order valence-electron chi connectivity index (χ3n) is 6.96. The van der Waals surface area contributed by atoms with Gasteiger partial charge in [-0.05, 0) is 76.3 Å². The predicted octanol–water partition coefficient (Wildman–Crippen LogP) is 4.57. The number of hydrogen-bond donors (Lipinski definition) is 2. The zero-order valence-electron chi connectivity index (χ0n) is 22.3. The summed E-state index contributed by atoms with van der Waals surface area (Å²) in [5.74, 6) is 0.187. The van der Waals surface area contributed by atoms with Crippen molar-refractivity contribution >= 4 is 29.5 Å². The van der Waals surface area contributed by atoms with E-state index in [1.54, 1.807) is 23.1 Å². The molecule has 2 heterocycles. The van der Waals surface area contributed by atoms with E-state index in [0.29, 0.717) is 18.0 Å². The van der Waals surface area contributed by atoms with Crippen molar-refractivity contribution in [2.45, 2.75) is 65.5 Å². The topological polar surface area (TPSA) is 81.8 Å². The Morgan fingerprint density at radius 1 is 1.08 bits per heavy atom. The molecule has 2 aliphatic heterocycles. The number of anilines is 2. The largest absolute Gasteiger partial charge is 0.387 e. The van der Waals surface area contributed by atoms with Gasteiger partial charge in [0, 0.05) is 62.1 Å². The first-order valence-electron chi connectivity index (χ1n) is 12.9. The van der Waals surface area contributed by atoms with Crippen LogP contribution in [0.3, 0.4) is 0 Å². The van der Waals surface area contributed by atoms with Gasteiger partial charge in [-0.25, -0.2) is 0 Å². The second-order valence-corrected chi connectivity index (χ2v) is 9.99. The molecule has 2 saturated heterocycles. The van der Waals surface area contributed by atoms with Crippen LogP contribution in [0.2, 0.25) is 0 Å². The second-order valence-electron chi connectivity index (χ2n) is 9.99. The molecule has 7 nitrogen and oxygen atoms in total. The molecule has 0 spiro atoms. The third-order valence-corrected chi connectivity index (χ3v) is 6.96. The van der Waals surface area contributed by atoms with E-state index in [1.165, 1.54) is 0 Å². The third kappa shape index (κ3) is 6.94. The van der Waals surface area contributed by atoms with Crippen molar-refractivity contribution in [1.29, 1.82) is 0 Å². The summed E-state index contributed by atoms with van der Waals surface area (Å²) in [5, 5.41) is 6.38. The average Bonchev–Trinajstić information content (AvgIpc) is 3.30. The number of amides is 2. The Hall–Kier alpha value is -3.19. The van der Waals surface area contributed by atoms with Crippen molar-refractivity contribution in [3.63, 3.8) is 0 Å². The first-order valence-corrected chi connectivity index (χ1v) is 12.9. The fourth-order valence-electron chi connectivity index (χ4n) is 4.99. The number of aldehydes is 1. The van der Waals surface area contributed by atoms with Gasteiger partial charge in [0.05, 0.1) is 5.56 Å². The van der Waals surface area contributed by atoms with Crippen molar-refractivity contribution < 1.29 is 14.4 Å². The minimum atomic E-state index is 0.0409. The molecule has 7 heteroatoms. The maximum absolute atomic E-state index is 12.6. The molecule has 36 heavy (non-hydrogen) atoms. The van der Waals surface area contributed by atoms with Crippen LogP contribution in [0.5, 0.6) is 0 Å². The molecule has 2 aromatic rings. The molecule has 2 fully saturated rings. The molecule has 2 aromatic carbocycles. The number of benzene rings is 2. The highest BCUT2D eigenvalue weighted by Gasteiger charge is 2.24. The Labute approximate surface area is 215 Å². The smallest absolute Gasteiger partial charge is 0.253 e. The van der Waals surface area contributed by atoms with Crippen LogP contribution in [-0.4, -0.2) is 61.8 Å². The van der Waals surface area contributed by atoms with E-state index in [9.17, 15) is 14.4 Å². The van der Waals surface area contributed by atoms with Gasteiger partial charge in [-0.15, -0.1) is 0 Å². The van der Waals surface area contributed by atoms with Crippen molar-refractivity contribution in [2.24, 2.45) is 0 Å². The lowest BCUT2D eigenvalue weighted by Crippen LogP contribution is -2.46. The van der Waals surface area contributed by atoms with E-state index in [1.807, 2.05) is 33.0 Å². The van der Waals surface area contributed by atoms with Crippen molar-refractivity contribution in [3.8, 4) is 0 Å². The highest BCUT2D eigenvalue weighted by molar-refractivity contribution is 6.00.